The molecule has 1 aromatic carbocycles. The Morgan fingerprint density at radius 3 is 2.81 bits per heavy atom. The van der Waals surface area contributed by atoms with Crippen LogP contribution in [0.4, 0.5) is 4.39 Å². The second-order valence-electron chi connectivity index (χ2n) is 3.21. The van der Waals surface area contributed by atoms with Gasteiger partial charge in [-0.05, 0) is 19.1 Å². The van der Waals surface area contributed by atoms with E-state index in [-0.39, 0.29) is 5.56 Å². The summed E-state index contributed by atoms with van der Waals surface area (Å²) in [5, 5.41) is 2.47. The van der Waals surface area contributed by atoms with Crippen LogP contribution in [0, 0.1) is 18.2 Å². The van der Waals surface area contributed by atoms with Crippen molar-refractivity contribution in [2.75, 3.05) is 7.11 Å². The molecule has 0 heterocycles. The van der Waals surface area contributed by atoms with Crippen molar-refractivity contribution >= 4 is 5.91 Å². The van der Waals surface area contributed by atoms with Crippen LogP contribution in [-0.2, 0) is 0 Å². The van der Waals surface area contributed by atoms with Crippen molar-refractivity contribution in [1.82, 2.24) is 5.32 Å². The number of hydrogen-bond acceptors (Lipinski definition) is 2. The van der Waals surface area contributed by atoms with E-state index in [0.717, 1.165) is 6.07 Å². The predicted molar refractivity (Wildman–Crippen MR) is 58.7 cm³/mol. The molecule has 0 spiro atoms. The lowest BCUT2D eigenvalue weighted by molar-refractivity contribution is 0.0944. The SMILES string of the molecule is C#CC(C)NC(=O)c1ccc(OC)cc1F. The Bertz CT molecular complexity index is 437. The second kappa shape index (κ2) is 5.17. The molecule has 0 aliphatic rings. The van der Waals surface area contributed by atoms with E-state index in [0.29, 0.717) is 5.75 Å². The molecule has 1 unspecified atom stereocenters. The average molecular weight is 221 g/mol. The van der Waals surface area contributed by atoms with Crippen LogP contribution in [0.1, 0.15) is 17.3 Å². The van der Waals surface area contributed by atoms with Crippen LogP contribution < -0.4 is 10.1 Å². The summed E-state index contributed by atoms with van der Waals surface area (Å²) < 4.78 is 18.3. The van der Waals surface area contributed by atoms with Crippen LogP contribution in [0.25, 0.3) is 0 Å². The minimum Gasteiger partial charge on any atom is -0.497 e. The fourth-order valence-corrected chi connectivity index (χ4v) is 1.12. The molecule has 1 amide bonds. The standard InChI is InChI=1S/C12H12FNO2/c1-4-8(2)14-12(15)10-6-5-9(16-3)7-11(10)13/h1,5-8H,2-3H3,(H,14,15). The van der Waals surface area contributed by atoms with Gasteiger partial charge in [0, 0.05) is 6.07 Å². The summed E-state index contributed by atoms with van der Waals surface area (Å²) in [5.41, 5.74) is -0.0529. The maximum Gasteiger partial charge on any atom is 0.255 e. The monoisotopic (exact) mass is 221 g/mol. The highest BCUT2D eigenvalue weighted by atomic mass is 19.1. The molecule has 16 heavy (non-hydrogen) atoms. The topological polar surface area (TPSA) is 38.3 Å². The van der Waals surface area contributed by atoms with Crippen molar-refractivity contribution in [3.05, 3.63) is 29.6 Å². The lowest BCUT2D eigenvalue weighted by atomic mass is 10.2. The molecular formula is C12H12FNO2. The fourth-order valence-electron chi connectivity index (χ4n) is 1.12. The molecule has 0 aliphatic heterocycles. The quantitative estimate of drug-likeness (QED) is 0.787. The van der Waals surface area contributed by atoms with Crippen molar-refractivity contribution in [1.29, 1.82) is 0 Å². The number of halogens is 1. The summed E-state index contributed by atoms with van der Waals surface area (Å²) in [6.45, 7) is 1.64. The van der Waals surface area contributed by atoms with Gasteiger partial charge in [-0.3, -0.25) is 4.79 Å². The summed E-state index contributed by atoms with van der Waals surface area (Å²) in [6.07, 6.45) is 5.10. The zero-order chi connectivity index (χ0) is 12.1. The van der Waals surface area contributed by atoms with E-state index in [1.807, 2.05) is 0 Å². The number of amides is 1. The summed E-state index contributed by atoms with van der Waals surface area (Å²) in [4.78, 5) is 11.5. The van der Waals surface area contributed by atoms with Gasteiger partial charge in [0.1, 0.15) is 11.6 Å². The number of benzene rings is 1. The first-order valence-corrected chi connectivity index (χ1v) is 4.69. The molecule has 0 bridgehead atoms. The third kappa shape index (κ3) is 2.74. The Morgan fingerprint density at radius 2 is 2.31 bits per heavy atom. The molecule has 1 atom stereocenters. The Labute approximate surface area is 93.6 Å². The Morgan fingerprint density at radius 1 is 1.62 bits per heavy atom. The van der Waals surface area contributed by atoms with Crippen LogP contribution in [-0.4, -0.2) is 19.1 Å². The highest BCUT2D eigenvalue weighted by molar-refractivity contribution is 5.95. The van der Waals surface area contributed by atoms with Crippen LogP contribution in [0.5, 0.6) is 5.75 Å². The molecule has 0 saturated heterocycles. The molecule has 0 saturated carbocycles. The maximum absolute atomic E-state index is 13.4. The van der Waals surface area contributed by atoms with Crippen molar-refractivity contribution in [2.24, 2.45) is 0 Å². The van der Waals surface area contributed by atoms with E-state index in [4.69, 9.17) is 11.2 Å². The molecule has 1 N–H and O–H groups in total. The Balaban J connectivity index is 2.89. The second-order valence-corrected chi connectivity index (χ2v) is 3.21. The number of ether oxygens (including phenoxy) is 1. The average Bonchev–Trinajstić information content (AvgIpc) is 2.28. The molecule has 84 valence electrons. The Hall–Kier alpha value is -2.02. The van der Waals surface area contributed by atoms with Gasteiger partial charge in [-0.2, -0.15) is 0 Å². The molecule has 3 nitrogen and oxygen atoms in total. The number of nitrogens with one attached hydrogen (secondary N) is 1. The van der Waals surface area contributed by atoms with Crippen LogP contribution >= 0.6 is 0 Å². The van der Waals surface area contributed by atoms with Crippen molar-refractivity contribution in [3.63, 3.8) is 0 Å². The summed E-state index contributed by atoms with van der Waals surface area (Å²) in [5.74, 6) is 1.51. The van der Waals surface area contributed by atoms with E-state index in [1.165, 1.54) is 19.2 Å². The van der Waals surface area contributed by atoms with E-state index in [1.54, 1.807) is 6.92 Å². The van der Waals surface area contributed by atoms with Gasteiger partial charge in [0.15, 0.2) is 0 Å². The van der Waals surface area contributed by atoms with Gasteiger partial charge in [-0.1, -0.05) is 5.92 Å². The van der Waals surface area contributed by atoms with Crippen LogP contribution in [0.15, 0.2) is 18.2 Å². The molecule has 0 radical (unpaired) electrons. The molecule has 1 rings (SSSR count). The minimum absolute atomic E-state index is 0.0529. The zero-order valence-corrected chi connectivity index (χ0v) is 9.08. The highest BCUT2D eigenvalue weighted by Crippen LogP contribution is 2.16. The number of carbonyl (C=O) groups excluding carboxylic acids is 1. The van der Waals surface area contributed by atoms with E-state index in [9.17, 15) is 9.18 Å². The largest absolute Gasteiger partial charge is 0.497 e. The lowest BCUT2D eigenvalue weighted by Gasteiger charge is -2.09. The third-order valence-corrected chi connectivity index (χ3v) is 2.02. The number of rotatable bonds is 3. The number of methoxy groups -OCH3 is 1. The fraction of sp³-hybridized carbons (Fsp3) is 0.250. The van der Waals surface area contributed by atoms with Gasteiger partial charge in [0.05, 0.1) is 18.7 Å². The summed E-state index contributed by atoms with van der Waals surface area (Å²) in [6, 6.07) is 3.58. The van der Waals surface area contributed by atoms with Gasteiger partial charge in [0.2, 0.25) is 0 Å². The molecular weight excluding hydrogens is 209 g/mol. The predicted octanol–water partition coefficient (Wildman–Crippen LogP) is 1.59. The normalized spacial score (nSPS) is 11.4. The molecule has 0 fully saturated rings. The maximum atomic E-state index is 13.4. The van der Waals surface area contributed by atoms with Crippen molar-refractivity contribution in [3.8, 4) is 18.1 Å². The van der Waals surface area contributed by atoms with E-state index in [2.05, 4.69) is 11.2 Å². The van der Waals surface area contributed by atoms with Crippen LogP contribution in [0.3, 0.4) is 0 Å². The van der Waals surface area contributed by atoms with Crippen LogP contribution in [0.2, 0.25) is 0 Å². The number of hydrogen-bond donors (Lipinski definition) is 1. The molecule has 1 aromatic rings. The van der Waals surface area contributed by atoms with Gasteiger partial charge >= 0.3 is 0 Å². The smallest absolute Gasteiger partial charge is 0.255 e. The molecule has 0 aliphatic carbocycles. The lowest BCUT2D eigenvalue weighted by Crippen LogP contribution is -2.31. The summed E-state index contributed by atoms with van der Waals surface area (Å²) in [7, 11) is 1.43. The number of terminal acetylenes is 1. The van der Waals surface area contributed by atoms with E-state index < -0.39 is 17.8 Å². The van der Waals surface area contributed by atoms with Crippen molar-refractivity contribution < 1.29 is 13.9 Å². The Kier molecular flexibility index (Phi) is 3.90. The first-order chi connectivity index (χ1) is 7.58. The zero-order valence-electron chi connectivity index (χ0n) is 9.08. The highest BCUT2D eigenvalue weighted by Gasteiger charge is 2.13. The third-order valence-electron chi connectivity index (χ3n) is 2.02. The van der Waals surface area contributed by atoms with Gasteiger partial charge in [-0.25, -0.2) is 4.39 Å². The van der Waals surface area contributed by atoms with Gasteiger partial charge in [0.25, 0.3) is 5.91 Å². The van der Waals surface area contributed by atoms with Crippen molar-refractivity contribution in [2.45, 2.75) is 13.0 Å². The summed E-state index contributed by atoms with van der Waals surface area (Å²) >= 11 is 0. The number of carbonyl (C=O) groups is 1. The van der Waals surface area contributed by atoms with Gasteiger partial charge < -0.3 is 10.1 Å². The molecule has 4 heteroatoms. The first-order valence-electron chi connectivity index (χ1n) is 4.69. The first kappa shape index (κ1) is 12.1. The molecule has 0 aromatic heterocycles. The van der Waals surface area contributed by atoms with Gasteiger partial charge in [-0.15, -0.1) is 6.42 Å². The minimum atomic E-state index is -0.638. The van der Waals surface area contributed by atoms with E-state index >= 15 is 0 Å².